The summed E-state index contributed by atoms with van der Waals surface area (Å²) in [6, 6.07) is -0.393. The molecular weight excluding hydrogens is 294 g/mol. The summed E-state index contributed by atoms with van der Waals surface area (Å²) in [5.41, 5.74) is -0.745. The maximum atomic E-state index is 12.8. The molecule has 0 aromatic rings. The molecule has 1 aliphatic carbocycles. The van der Waals surface area contributed by atoms with Crippen LogP contribution in [0.25, 0.3) is 0 Å². The Morgan fingerprint density at radius 3 is 2.43 bits per heavy atom. The molecule has 4 amide bonds. The molecule has 1 N–H and O–H groups in total. The van der Waals surface area contributed by atoms with Gasteiger partial charge in [-0.15, -0.1) is 0 Å². The lowest BCUT2D eigenvalue weighted by atomic mass is 9.75. The first-order chi connectivity index (χ1) is 11.1. The number of carbonyl (C=O) groups is 3. The number of imide groups is 1. The standard InChI is InChI=1S/C17H27N3O3/c1-2-13-6-8-17(9-7-13)15(22)20(16(23)18-17)12-14(21)19-10-4-3-5-11-19/h13H,2-12H2,1H3,(H,18,23). The minimum atomic E-state index is -0.745. The first-order valence-corrected chi connectivity index (χ1v) is 8.97. The summed E-state index contributed by atoms with van der Waals surface area (Å²) in [6.07, 6.45) is 7.62. The lowest BCUT2D eigenvalue weighted by Gasteiger charge is -2.34. The largest absolute Gasteiger partial charge is 0.341 e. The Hall–Kier alpha value is -1.59. The zero-order valence-electron chi connectivity index (χ0n) is 14.0. The van der Waals surface area contributed by atoms with E-state index in [1.165, 1.54) is 0 Å². The van der Waals surface area contributed by atoms with Crippen LogP contribution >= 0.6 is 0 Å². The number of nitrogens with zero attached hydrogens (tertiary/aromatic N) is 2. The van der Waals surface area contributed by atoms with Crippen molar-refractivity contribution < 1.29 is 14.4 Å². The summed E-state index contributed by atoms with van der Waals surface area (Å²) in [4.78, 5) is 40.3. The van der Waals surface area contributed by atoms with E-state index in [4.69, 9.17) is 0 Å². The third kappa shape index (κ3) is 3.08. The first-order valence-electron chi connectivity index (χ1n) is 8.97. The van der Waals surface area contributed by atoms with Gasteiger partial charge in [-0.25, -0.2) is 4.79 Å². The van der Waals surface area contributed by atoms with Crippen molar-refractivity contribution in [3.8, 4) is 0 Å². The van der Waals surface area contributed by atoms with E-state index >= 15 is 0 Å². The van der Waals surface area contributed by atoms with Gasteiger partial charge in [-0.05, 0) is 50.9 Å². The minimum Gasteiger partial charge on any atom is -0.341 e. The predicted octanol–water partition coefficient (Wildman–Crippen LogP) is 1.89. The highest BCUT2D eigenvalue weighted by atomic mass is 16.2. The molecule has 0 atom stereocenters. The molecule has 6 nitrogen and oxygen atoms in total. The summed E-state index contributed by atoms with van der Waals surface area (Å²) in [6.45, 7) is 3.54. The highest BCUT2D eigenvalue weighted by Crippen LogP contribution is 2.37. The smallest absolute Gasteiger partial charge is 0.325 e. The number of amides is 4. The van der Waals surface area contributed by atoms with Gasteiger partial charge in [-0.3, -0.25) is 14.5 Å². The Morgan fingerprint density at radius 2 is 1.83 bits per heavy atom. The second-order valence-corrected chi connectivity index (χ2v) is 7.20. The van der Waals surface area contributed by atoms with Crippen molar-refractivity contribution in [2.24, 2.45) is 5.92 Å². The summed E-state index contributed by atoms with van der Waals surface area (Å²) in [7, 11) is 0. The number of likely N-dealkylation sites (tertiary alicyclic amines) is 1. The van der Waals surface area contributed by atoms with Crippen molar-refractivity contribution in [1.82, 2.24) is 15.1 Å². The number of piperidine rings is 1. The van der Waals surface area contributed by atoms with Crippen LogP contribution < -0.4 is 5.32 Å². The van der Waals surface area contributed by atoms with Gasteiger partial charge in [0, 0.05) is 13.1 Å². The van der Waals surface area contributed by atoms with E-state index in [-0.39, 0.29) is 18.4 Å². The maximum absolute atomic E-state index is 12.8. The Bertz CT molecular complexity index is 491. The number of hydrogen-bond acceptors (Lipinski definition) is 3. The van der Waals surface area contributed by atoms with Crippen LogP contribution in [0.1, 0.15) is 58.3 Å². The zero-order chi connectivity index (χ0) is 16.4. The van der Waals surface area contributed by atoms with E-state index in [1.54, 1.807) is 4.90 Å². The van der Waals surface area contributed by atoms with Gasteiger partial charge in [-0.2, -0.15) is 0 Å². The molecule has 2 heterocycles. The van der Waals surface area contributed by atoms with Gasteiger partial charge < -0.3 is 10.2 Å². The topological polar surface area (TPSA) is 69.7 Å². The van der Waals surface area contributed by atoms with Crippen LogP contribution in [0.2, 0.25) is 0 Å². The van der Waals surface area contributed by atoms with Crippen LogP contribution in [0, 0.1) is 5.92 Å². The molecule has 1 saturated carbocycles. The average Bonchev–Trinajstić information content (AvgIpc) is 2.81. The SMILES string of the molecule is CCC1CCC2(CC1)NC(=O)N(CC(=O)N1CCCCC1)C2=O. The lowest BCUT2D eigenvalue weighted by molar-refractivity contribution is -0.140. The van der Waals surface area contributed by atoms with E-state index in [9.17, 15) is 14.4 Å². The molecular formula is C17H27N3O3. The van der Waals surface area contributed by atoms with E-state index < -0.39 is 11.6 Å². The van der Waals surface area contributed by atoms with Crippen molar-refractivity contribution in [1.29, 1.82) is 0 Å². The maximum Gasteiger partial charge on any atom is 0.325 e. The van der Waals surface area contributed by atoms with Gasteiger partial charge in [0.15, 0.2) is 0 Å². The Balaban J connectivity index is 1.63. The van der Waals surface area contributed by atoms with E-state index in [0.717, 1.165) is 56.5 Å². The van der Waals surface area contributed by atoms with Crippen LogP contribution in [0.15, 0.2) is 0 Å². The normalized spacial score (nSPS) is 31.6. The van der Waals surface area contributed by atoms with Gasteiger partial charge in [0.2, 0.25) is 5.91 Å². The Labute approximate surface area is 137 Å². The highest BCUT2D eigenvalue weighted by Gasteiger charge is 2.52. The average molecular weight is 321 g/mol. The van der Waals surface area contributed by atoms with Crippen molar-refractivity contribution >= 4 is 17.8 Å². The van der Waals surface area contributed by atoms with Crippen LogP contribution in [0.3, 0.4) is 0 Å². The number of hydrogen-bond donors (Lipinski definition) is 1. The van der Waals surface area contributed by atoms with Crippen molar-refractivity contribution in [3.05, 3.63) is 0 Å². The monoisotopic (exact) mass is 321 g/mol. The molecule has 128 valence electrons. The molecule has 2 saturated heterocycles. The Morgan fingerprint density at radius 1 is 1.17 bits per heavy atom. The first kappa shape index (κ1) is 16.3. The third-order valence-electron chi connectivity index (χ3n) is 5.78. The van der Waals surface area contributed by atoms with Gasteiger partial charge in [0.25, 0.3) is 5.91 Å². The molecule has 0 bridgehead atoms. The second-order valence-electron chi connectivity index (χ2n) is 7.20. The second kappa shape index (κ2) is 6.49. The lowest BCUT2D eigenvalue weighted by Crippen LogP contribution is -2.50. The summed E-state index contributed by atoms with van der Waals surface area (Å²) < 4.78 is 0. The highest BCUT2D eigenvalue weighted by molar-refractivity contribution is 6.09. The number of urea groups is 1. The van der Waals surface area contributed by atoms with Crippen molar-refractivity contribution in [2.45, 2.75) is 63.8 Å². The minimum absolute atomic E-state index is 0.104. The van der Waals surface area contributed by atoms with E-state index in [2.05, 4.69) is 12.2 Å². The predicted molar refractivity (Wildman–Crippen MR) is 85.7 cm³/mol. The third-order valence-corrected chi connectivity index (χ3v) is 5.78. The molecule has 0 unspecified atom stereocenters. The van der Waals surface area contributed by atoms with Gasteiger partial charge in [0.05, 0.1) is 0 Å². The van der Waals surface area contributed by atoms with Crippen LogP contribution in [0.4, 0.5) is 4.79 Å². The van der Waals surface area contributed by atoms with E-state index in [0.29, 0.717) is 18.8 Å². The summed E-state index contributed by atoms with van der Waals surface area (Å²) >= 11 is 0. The number of nitrogens with one attached hydrogen (secondary N) is 1. The van der Waals surface area contributed by atoms with Gasteiger partial charge in [0.1, 0.15) is 12.1 Å². The fourth-order valence-corrected chi connectivity index (χ4v) is 4.12. The van der Waals surface area contributed by atoms with Gasteiger partial charge >= 0.3 is 6.03 Å². The summed E-state index contributed by atoms with van der Waals surface area (Å²) in [5.74, 6) is 0.351. The van der Waals surface area contributed by atoms with Crippen molar-refractivity contribution in [2.75, 3.05) is 19.6 Å². The van der Waals surface area contributed by atoms with Gasteiger partial charge in [-0.1, -0.05) is 13.3 Å². The molecule has 1 spiro atoms. The number of carbonyl (C=O) groups excluding carboxylic acids is 3. The molecule has 0 aromatic heterocycles. The fourth-order valence-electron chi connectivity index (χ4n) is 4.12. The number of rotatable bonds is 3. The van der Waals surface area contributed by atoms with Crippen molar-refractivity contribution in [3.63, 3.8) is 0 Å². The molecule has 23 heavy (non-hydrogen) atoms. The molecule has 3 rings (SSSR count). The summed E-state index contributed by atoms with van der Waals surface area (Å²) in [5, 5.41) is 2.89. The zero-order valence-corrected chi connectivity index (χ0v) is 14.0. The van der Waals surface area contributed by atoms with Crippen LogP contribution in [-0.4, -0.2) is 52.8 Å². The van der Waals surface area contributed by atoms with E-state index in [1.807, 2.05) is 0 Å². The van der Waals surface area contributed by atoms with Crippen LogP contribution in [-0.2, 0) is 9.59 Å². The quantitative estimate of drug-likeness (QED) is 0.807. The molecule has 2 aliphatic heterocycles. The molecule has 0 aromatic carbocycles. The van der Waals surface area contributed by atoms with Crippen LogP contribution in [0.5, 0.6) is 0 Å². The molecule has 0 radical (unpaired) electrons. The molecule has 3 aliphatic rings. The fraction of sp³-hybridized carbons (Fsp3) is 0.824. The molecule has 3 fully saturated rings. The molecule has 6 heteroatoms. The Kier molecular flexibility index (Phi) is 4.60.